The molecule has 0 unspecified atom stereocenters. The summed E-state index contributed by atoms with van der Waals surface area (Å²) in [6, 6.07) is 12.3. The van der Waals surface area contributed by atoms with Crippen LogP contribution in [0, 0.1) is 13.8 Å². The fraction of sp³-hybridized carbons (Fsp3) is 0.211. The van der Waals surface area contributed by atoms with E-state index >= 15 is 0 Å². The molecule has 0 radical (unpaired) electrons. The Bertz CT molecular complexity index is 800. The lowest BCUT2D eigenvalue weighted by atomic mass is 10.1. The van der Waals surface area contributed by atoms with Gasteiger partial charge in [0.05, 0.1) is 6.21 Å². The van der Waals surface area contributed by atoms with E-state index < -0.39 is 0 Å². The van der Waals surface area contributed by atoms with Gasteiger partial charge < -0.3 is 10.4 Å². The van der Waals surface area contributed by atoms with Gasteiger partial charge in [0.15, 0.2) is 0 Å². The van der Waals surface area contributed by atoms with Gasteiger partial charge in [-0.2, -0.15) is 5.10 Å². The van der Waals surface area contributed by atoms with Crippen LogP contribution in [0.25, 0.3) is 0 Å². The van der Waals surface area contributed by atoms with E-state index in [0.29, 0.717) is 5.56 Å². The molecule has 3 N–H and O–H groups in total. The first-order valence-electron chi connectivity index (χ1n) is 7.92. The minimum atomic E-state index is -0.354. The fourth-order valence-corrected chi connectivity index (χ4v) is 2.15. The number of hydrogen-bond acceptors (Lipinski definition) is 4. The van der Waals surface area contributed by atoms with Crippen LogP contribution < -0.4 is 10.7 Å². The van der Waals surface area contributed by atoms with Crippen LogP contribution >= 0.6 is 0 Å². The van der Waals surface area contributed by atoms with E-state index in [-0.39, 0.29) is 30.4 Å². The highest BCUT2D eigenvalue weighted by atomic mass is 16.3. The van der Waals surface area contributed by atoms with E-state index in [4.69, 9.17) is 0 Å². The van der Waals surface area contributed by atoms with E-state index in [2.05, 4.69) is 15.8 Å². The first-order chi connectivity index (χ1) is 11.9. The summed E-state index contributed by atoms with van der Waals surface area (Å²) in [4.78, 5) is 23.7. The molecule has 2 amide bonds. The van der Waals surface area contributed by atoms with Gasteiger partial charge >= 0.3 is 0 Å². The summed E-state index contributed by atoms with van der Waals surface area (Å²) < 4.78 is 0. The molecule has 25 heavy (non-hydrogen) atoms. The number of benzene rings is 2. The number of nitrogens with zero attached hydrogens (tertiary/aromatic N) is 1. The van der Waals surface area contributed by atoms with Gasteiger partial charge in [0.1, 0.15) is 5.75 Å². The summed E-state index contributed by atoms with van der Waals surface area (Å²) in [6.07, 6.45) is 1.53. The highest BCUT2D eigenvalue weighted by Crippen LogP contribution is 2.16. The third kappa shape index (κ3) is 6.10. The molecule has 0 aliphatic carbocycles. The van der Waals surface area contributed by atoms with E-state index in [1.807, 2.05) is 32.0 Å². The van der Waals surface area contributed by atoms with Crippen LogP contribution in [-0.2, 0) is 9.59 Å². The van der Waals surface area contributed by atoms with Crippen molar-refractivity contribution in [2.24, 2.45) is 5.10 Å². The van der Waals surface area contributed by atoms with E-state index in [9.17, 15) is 14.7 Å². The zero-order valence-corrected chi connectivity index (χ0v) is 14.2. The molecule has 0 bridgehead atoms. The van der Waals surface area contributed by atoms with E-state index in [1.54, 1.807) is 18.2 Å². The number of aromatic hydroxyl groups is 1. The third-order valence-electron chi connectivity index (χ3n) is 3.52. The Labute approximate surface area is 146 Å². The quantitative estimate of drug-likeness (QED) is 0.558. The Morgan fingerprint density at radius 1 is 1.08 bits per heavy atom. The normalized spacial score (nSPS) is 10.6. The highest BCUT2D eigenvalue weighted by Gasteiger charge is 2.08. The molecule has 2 aromatic carbocycles. The van der Waals surface area contributed by atoms with Gasteiger partial charge in [0, 0.05) is 18.5 Å². The molecular formula is C19H21N3O3. The van der Waals surface area contributed by atoms with Crippen LogP contribution in [-0.4, -0.2) is 23.1 Å². The van der Waals surface area contributed by atoms with Crippen molar-refractivity contribution < 1.29 is 14.7 Å². The Morgan fingerprint density at radius 3 is 2.60 bits per heavy atom. The number of rotatable bonds is 6. The van der Waals surface area contributed by atoms with Crippen LogP contribution in [0.15, 0.2) is 47.6 Å². The van der Waals surface area contributed by atoms with Crippen molar-refractivity contribution in [3.05, 3.63) is 59.2 Å². The van der Waals surface area contributed by atoms with Gasteiger partial charge in [-0.05, 0) is 48.7 Å². The van der Waals surface area contributed by atoms with Crippen LogP contribution in [0.4, 0.5) is 5.69 Å². The van der Waals surface area contributed by atoms with Gasteiger partial charge in [-0.1, -0.05) is 24.3 Å². The molecule has 2 rings (SSSR count). The largest absolute Gasteiger partial charge is 0.508 e. The second-order valence-electron chi connectivity index (χ2n) is 5.75. The average Bonchev–Trinajstić information content (AvgIpc) is 2.56. The maximum atomic E-state index is 12.0. The summed E-state index contributed by atoms with van der Waals surface area (Å²) >= 11 is 0. The minimum absolute atomic E-state index is 0.0358. The average molecular weight is 339 g/mol. The van der Waals surface area contributed by atoms with Crippen molar-refractivity contribution in [2.45, 2.75) is 26.7 Å². The third-order valence-corrected chi connectivity index (χ3v) is 3.52. The molecule has 130 valence electrons. The molecule has 0 saturated heterocycles. The van der Waals surface area contributed by atoms with Gasteiger partial charge in [0.2, 0.25) is 11.8 Å². The number of aryl methyl sites for hydroxylation is 2. The van der Waals surface area contributed by atoms with Gasteiger partial charge in [-0.15, -0.1) is 0 Å². The Morgan fingerprint density at radius 2 is 1.84 bits per heavy atom. The minimum Gasteiger partial charge on any atom is -0.508 e. The Kier molecular flexibility index (Phi) is 6.28. The molecule has 0 saturated carbocycles. The first kappa shape index (κ1) is 18.2. The number of amides is 2. The standard InChI is InChI=1S/C19H21N3O3/c1-13-6-7-14(2)17(10-13)21-18(24)8-9-19(25)22-20-12-15-4-3-5-16(23)11-15/h3-7,10-12,23H,8-9H2,1-2H3,(H,21,24)(H,22,25)/b20-12+. The zero-order valence-electron chi connectivity index (χ0n) is 14.2. The predicted molar refractivity (Wildman–Crippen MR) is 97.6 cm³/mol. The molecule has 0 atom stereocenters. The number of nitrogens with one attached hydrogen (secondary N) is 2. The van der Waals surface area contributed by atoms with Gasteiger partial charge in [0.25, 0.3) is 0 Å². The summed E-state index contributed by atoms with van der Waals surface area (Å²) in [6.45, 7) is 3.87. The maximum Gasteiger partial charge on any atom is 0.240 e. The molecule has 0 fully saturated rings. The van der Waals surface area contributed by atoms with Crippen molar-refractivity contribution in [3.8, 4) is 5.75 Å². The van der Waals surface area contributed by atoms with Crippen molar-refractivity contribution >= 4 is 23.7 Å². The maximum absolute atomic E-state index is 12.0. The topological polar surface area (TPSA) is 90.8 Å². The number of hydrazone groups is 1. The van der Waals surface area contributed by atoms with Crippen LogP contribution in [0.1, 0.15) is 29.5 Å². The number of carbonyl (C=O) groups excluding carboxylic acids is 2. The molecule has 6 heteroatoms. The monoisotopic (exact) mass is 339 g/mol. The molecule has 0 aliphatic heterocycles. The molecule has 0 aromatic heterocycles. The van der Waals surface area contributed by atoms with Crippen LogP contribution in [0.2, 0.25) is 0 Å². The van der Waals surface area contributed by atoms with E-state index in [0.717, 1.165) is 16.8 Å². The number of hydrogen-bond donors (Lipinski definition) is 3. The van der Waals surface area contributed by atoms with Crippen molar-refractivity contribution in [2.75, 3.05) is 5.32 Å². The van der Waals surface area contributed by atoms with Crippen molar-refractivity contribution in [1.29, 1.82) is 0 Å². The summed E-state index contributed by atoms with van der Waals surface area (Å²) in [5, 5.41) is 15.9. The molecule has 0 heterocycles. The van der Waals surface area contributed by atoms with Gasteiger partial charge in [-0.25, -0.2) is 5.43 Å². The smallest absolute Gasteiger partial charge is 0.240 e. The molecular weight excluding hydrogens is 318 g/mol. The summed E-state index contributed by atoms with van der Waals surface area (Å²) in [5.74, 6) is -0.452. The van der Waals surface area contributed by atoms with Crippen molar-refractivity contribution in [3.63, 3.8) is 0 Å². The van der Waals surface area contributed by atoms with Crippen molar-refractivity contribution in [1.82, 2.24) is 5.43 Å². The summed E-state index contributed by atoms with van der Waals surface area (Å²) in [7, 11) is 0. The predicted octanol–water partition coefficient (Wildman–Crippen LogP) is 2.88. The number of carbonyl (C=O) groups is 2. The second kappa shape index (κ2) is 8.63. The van der Waals surface area contributed by atoms with Crippen LogP contribution in [0.5, 0.6) is 5.75 Å². The SMILES string of the molecule is Cc1ccc(C)c(NC(=O)CCC(=O)N/N=C/c2cccc(O)c2)c1. The number of anilines is 1. The zero-order chi connectivity index (χ0) is 18.2. The Hall–Kier alpha value is -3.15. The van der Waals surface area contributed by atoms with Gasteiger partial charge in [-0.3, -0.25) is 9.59 Å². The molecule has 2 aromatic rings. The lowest BCUT2D eigenvalue weighted by Crippen LogP contribution is -2.20. The van der Waals surface area contributed by atoms with E-state index in [1.165, 1.54) is 12.3 Å². The molecule has 0 aliphatic rings. The molecule has 0 spiro atoms. The Balaban J connectivity index is 1.77. The van der Waals surface area contributed by atoms with Crippen LogP contribution in [0.3, 0.4) is 0 Å². The molecule has 6 nitrogen and oxygen atoms in total. The lowest BCUT2D eigenvalue weighted by molar-refractivity contribution is -0.124. The second-order valence-corrected chi connectivity index (χ2v) is 5.75. The number of phenols is 1. The first-order valence-corrected chi connectivity index (χ1v) is 7.92. The lowest BCUT2D eigenvalue weighted by Gasteiger charge is -2.09. The number of phenolic OH excluding ortho intramolecular Hbond substituents is 1. The highest BCUT2D eigenvalue weighted by molar-refractivity contribution is 5.94. The summed E-state index contributed by atoms with van der Waals surface area (Å²) in [5.41, 5.74) is 5.80. The fourth-order valence-electron chi connectivity index (χ4n) is 2.15.